The Morgan fingerprint density at radius 3 is 2.20 bits per heavy atom. The van der Waals surface area contributed by atoms with E-state index in [4.69, 9.17) is 18.9 Å². The van der Waals surface area contributed by atoms with Gasteiger partial charge in [-0.1, -0.05) is 30.3 Å². The van der Waals surface area contributed by atoms with Gasteiger partial charge in [-0.05, 0) is 42.0 Å². The Balaban J connectivity index is 1.73. The minimum atomic E-state index is -1.03. The van der Waals surface area contributed by atoms with Crippen LogP contribution in [0, 0.1) is 0 Å². The molecule has 30 heavy (non-hydrogen) atoms. The molecule has 3 aromatic carbocycles. The predicted octanol–water partition coefficient (Wildman–Crippen LogP) is 4.05. The summed E-state index contributed by atoms with van der Waals surface area (Å²) in [7, 11) is 4.33. The van der Waals surface area contributed by atoms with Crippen LogP contribution in [0.4, 0.5) is 5.69 Å². The van der Waals surface area contributed by atoms with E-state index >= 15 is 0 Å². The number of nitrogens with one attached hydrogen (secondary N) is 1. The second-order valence-electron chi connectivity index (χ2n) is 6.48. The zero-order chi connectivity index (χ0) is 21.7. The number of benzene rings is 3. The molecule has 1 amide bonds. The van der Waals surface area contributed by atoms with Gasteiger partial charge in [0, 0.05) is 5.69 Å². The van der Waals surface area contributed by atoms with Gasteiger partial charge in [-0.25, -0.2) is 4.79 Å². The molecule has 0 unspecified atom stereocenters. The SMILES string of the molecule is COc1ccc(C(=O)O[C@H](C)C(=O)Nc2ccc3ccccc3c2)c(OC)c1OC. The van der Waals surface area contributed by atoms with Crippen molar-refractivity contribution >= 4 is 28.3 Å². The van der Waals surface area contributed by atoms with E-state index in [1.54, 1.807) is 12.1 Å². The molecule has 0 aliphatic heterocycles. The van der Waals surface area contributed by atoms with E-state index < -0.39 is 18.0 Å². The fraction of sp³-hybridized carbons (Fsp3) is 0.217. The molecule has 7 heteroatoms. The maximum Gasteiger partial charge on any atom is 0.342 e. The first-order valence-corrected chi connectivity index (χ1v) is 9.28. The Kier molecular flexibility index (Phi) is 6.41. The number of ether oxygens (including phenoxy) is 4. The summed E-state index contributed by atoms with van der Waals surface area (Å²) >= 11 is 0. The third-order valence-electron chi connectivity index (χ3n) is 4.59. The molecule has 1 N–H and O–H groups in total. The lowest BCUT2D eigenvalue weighted by Gasteiger charge is -2.17. The largest absolute Gasteiger partial charge is 0.493 e. The number of rotatable bonds is 7. The molecule has 0 saturated heterocycles. The number of methoxy groups -OCH3 is 3. The van der Waals surface area contributed by atoms with Crippen molar-refractivity contribution < 1.29 is 28.5 Å². The fourth-order valence-electron chi connectivity index (χ4n) is 3.05. The minimum absolute atomic E-state index is 0.125. The van der Waals surface area contributed by atoms with Crippen molar-refractivity contribution in [3.8, 4) is 17.2 Å². The first-order chi connectivity index (χ1) is 14.5. The van der Waals surface area contributed by atoms with E-state index in [-0.39, 0.29) is 17.1 Å². The first-order valence-electron chi connectivity index (χ1n) is 9.28. The first kappa shape index (κ1) is 21.0. The summed E-state index contributed by atoms with van der Waals surface area (Å²) in [4.78, 5) is 25.2. The van der Waals surface area contributed by atoms with E-state index in [2.05, 4.69) is 5.32 Å². The van der Waals surface area contributed by atoms with Gasteiger partial charge in [-0.2, -0.15) is 0 Å². The van der Waals surface area contributed by atoms with Gasteiger partial charge >= 0.3 is 5.97 Å². The van der Waals surface area contributed by atoms with Gasteiger partial charge in [0.15, 0.2) is 17.6 Å². The number of hydrogen-bond donors (Lipinski definition) is 1. The van der Waals surface area contributed by atoms with Crippen molar-refractivity contribution in [2.45, 2.75) is 13.0 Å². The maximum atomic E-state index is 12.7. The van der Waals surface area contributed by atoms with Gasteiger partial charge < -0.3 is 24.3 Å². The fourth-order valence-corrected chi connectivity index (χ4v) is 3.05. The maximum absolute atomic E-state index is 12.7. The topological polar surface area (TPSA) is 83.1 Å². The van der Waals surface area contributed by atoms with E-state index in [9.17, 15) is 9.59 Å². The minimum Gasteiger partial charge on any atom is -0.493 e. The second-order valence-corrected chi connectivity index (χ2v) is 6.48. The summed E-state index contributed by atoms with van der Waals surface area (Å²) in [5.41, 5.74) is 0.741. The number of anilines is 1. The van der Waals surface area contributed by atoms with Crippen LogP contribution >= 0.6 is 0 Å². The Morgan fingerprint density at radius 2 is 1.53 bits per heavy atom. The van der Waals surface area contributed by atoms with Crippen LogP contribution in [0.15, 0.2) is 54.6 Å². The van der Waals surface area contributed by atoms with Crippen molar-refractivity contribution in [2.24, 2.45) is 0 Å². The molecule has 0 radical (unpaired) electrons. The van der Waals surface area contributed by atoms with Gasteiger partial charge in [-0.15, -0.1) is 0 Å². The van der Waals surface area contributed by atoms with E-state index in [1.165, 1.54) is 34.3 Å². The number of hydrogen-bond acceptors (Lipinski definition) is 6. The molecule has 3 rings (SSSR count). The smallest absolute Gasteiger partial charge is 0.342 e. The molecule has 0 aliphatic carbocycles. The van der Waals surface area contributed by atoms with Gasteiger partial charge in [-0.3, -0.25) is 4.79 Å². The van der Waals surface area contributed by atoms with Crippen LogP contribution in [-0.4, -0.2) is 39.3 Å². The van der Waals surface area contributed by atoms with Crippen LogP contribution in [0.1, 0.15) is 17.3 Å². The van der Waals surface area contributed by atoms with Gasteiger partial charge in [0.25, 0.3) is 5.91 Å². The number of carbonyl (C=O) groups is 2. The molecule has 0 fully saturated rings. The van der Waals surface area contributed by atoms with Crippen molar-refractivity contribution in [1.82, 2.24) is 0 Å². The third-order valence-corrected chi connectivity index (χ3v) is 4.59. The van der Waals surface area contributed by atoms with Crippen LogP contribution < -0.4 is 19.5 Å². The lowest BCUT2D eigenvalue weighted by molar-refractivity contribution is -0.123. The molecule has 0 saturated carbocycles. The van der Waals surface area contributed by atoms with Gasteiger partial charge in [0.05, 0.1) is 21.3 Å². The normalized spacial score (nSPS) is 11.5. The lowest BCUT2D eigenvalue weighted by Crippen LogP contribution is -2.30. The summed E-state index contributed by atoms with van der Waals surface area (Å²) < 4.78 is 21.1. The molecule has 7 nitrogen and oxygen atoms in total. The van der Waals surface area contributed by atoms with Crippen LogP contribution in [0.5, 0.6) is 17.2 Å². The zero-order valence-electron chi connectivity index (χ0n) is 17.2. The highest BCUT2D eigenvalue weighted by molar-refractivity contribution is 6.00. The Morgan fingerprint density at radius 1 is 0.833 bits per heavy atom. The Bertz CT molecular complexity index is 1080. The summed E-state index contributed by atoms with van der Waals surface area (Å²) in [6, 6.07) is 16.5. The molecule has 0 heterocycles. The average molecular weight is 409 g/mol. The van der Waals surface area contributed by atoms with Crippen LogP contribution in [0.2, 0.25) is 0 Å². The molecule has 0 aromatic heterocycles. The number of amides is 1. The molecule has 1 atom stereocenters. The molecule has 156 valence electrons. The summed E-state index contributed by atoms with van der Waals surface area (Å²) in [6.45, 7) is 1.50. The Hall–Kier alpha value is -3.74. The zero-order valence-corrected chi connectivity index (χ0v) is 17.2. The molecule has 3 aromatic rings. The summed E-state index contributed by atoms with van der Waals surface area (Å²) in [6.07, 6.45) is -1.03. The number of carbonyl (C=O) groups excluding carboxylic acids is 2. The quantitative estimate of drug-likeness (QED) is 0.593. The highest BCUT2D eigenvalue weighted by Crippen LogP contribution is 2.40. The average Bonchev–Trinajstić information content (AvgIpc) is 2.77. The number of fused-ring (bicyclic) bond motifs is 1. The van der Waals surface area contributed by atoms with E-state index in [0.717, 1.165) is 10.8 Å². The van der Waals surface area contributed by atoms with Crippen molar-refractivity contribution in [3.63, 3.8) is 0 Å². The van der Waals surface area contributed by atoms with E-state index in [0.29, 0.717) is 11.4 Å². The third kappa shape index (κ3) is 4.30. The predicted molar refractivity (Wildman–Crippen MR) is 114 cm³/mol. The second kappa shape index (κ2) is 9.17. The van der Waals surface area contributed by atoms with Gasteiger partial charge in [0.2, 0.25) is 5.75 Å². The summed E-state index contributed by atoms with van der Waals surface area (Å²) in [5.74, 6) is -0.313. The van der Waals surface area contributed by atoms with Crippen molar-refractivity contribution in [2.75, 3.05) is 26.6 Å². The highest BCUT2D eigenvalue weighted by atomic mass is 16.6. The highest BCUT2D eigenvalue weighted by Gasteiger charge is 2.25. The molecular weight excluding hydrogens is 386 g/mol. The van der Waals surface area contributed by atoms with Crippen molar-refractivity contribution in [3.05, 3.63) is 60.2 Å². The molecular formula is C23H23NO6. The Labute approximate surface area is 174 Å². The number of esters is 1. The van der Waals surface area contributed by atoms with E-state index in [1.807, 2.05) is 36.4 Å². The van der Waals surface area contributed by atoms with Crippen LogP contribution in [0.25, 0.3) is 10.8 Å². The molecule has 0 aliphatic rings. The lowest BCUT2D eigenvalue weighted by atomic mass is 10.1. The molecule has 0 spiro atoms. The summed E-state index contributed by atoms with van der Waals surface area (Å²) in [5, 5.41) is 4.83. The van der Waals surface area contributed by atoms with Gasteiger partial charge in [0.1, 0.15) is 5.56 Å². The monoisotopic (exact) mass is 409 g/mol. The standard InChI is InChI=1S/C23H23NO6/c1-14(22(25)24-17-10-9-15-7-5-6-8-16(15)13-17)30-23(26)18-11-12-19(27-2)21(29-4)20(18)28-3/h5-14H,1-4H3,(H,24,25)/t14-/m1/s1. The van der Waals surface area contributed by atoms with Crippen LogP contribution in [-0.2, 0) is 9.53 Å². The van der Waals surface area contributed by atoms with Crippen molar-refractivity contribution in [1.29, 1.82) is 0 Å². The van der Waals surface area contributed by atoms with Crippen LogP contribution in [0.3, 0.4) is 0 Å². The molecule has 0 bridgehead atoms.